The number of nitriles is 1. The maximum absolute atomic E-state index is 11.4. The monoisotopic (exact) mass is 223 g/mol. The van der Waals surface area contributed by atoms with Gasteiger partial charge < -0.3 is 4.74 Å². The van der Waals surface area contributed by atoms with E-state index in [1.54, 1.807) is 31.2 Å². The summed E-state index contributed by atoms with van der Waals surface area (Å²) >= 11 is 5.88. The standard InChI is InChI=1S/C11H10ClNO2/c1-2-15-11(14)9(7-13)8-5-3-4-6-10(8)12/h3-6,9H,2H2,1H3/t9-/m0/s1. The number of esters is 1. The molecule has 0 aromatic heterocycles. The lowest BCUT2D eigenvalue weighted by Crippen LogP contribution is -2.14. The molecule has 0 bridgehead atoms. The summed E-state index contributed by atoms with van der Waals surface area (Å²) in [7, 11) is 0. The van der Waals surface area contributed by atoms with Gasteiger partial charge in [0.2, 0.25) is 0 Å². The molecule has 0 spiro atoms. The van der Waals surface area contributed by atoms with Crippen LogP contribution >= 0.6 is 11.6 Å². The first-order valence-electron chi connectivity index (χ1n) is 4.51. The molecule has 0 heterocycles. The van der Waals surface area contributed by atoms with E-state index in [4.69, 9.17) is 21.6 Å². The Morgan fingerprint density at radius 1 is 1.60 bits per heavy atom. The zero-order chi connectivity index (χ0) is 11.3. The topological polar surface area (TPSA) is 50.1 Å². The SMILES string of the molecule is CCOC(=O)[C@@H](C#N)c1ccccc1Cl. The van der Waals surface area contributed by atoms with Crippen molar-refractivity contribution in [3.8, 4) is 6.07 Å². The lowest BCUT2D eigenvalue weighted by molar-refractivity contribution is -0.143. The van der Waals surface area contributed by atoms with Crippen molar-refractivity contribution in [1.82, 2.24) is 0 Å². The zero-order valence-electron chi connectivity index (χ0n) is 8.24. The molecule has 15 heavy (non-hydrogen) atoms. The van der Waals surface area contributed by atoms with E-state index in [9.17, 15) is 4.79 Å². The molecule has 0 fully saturated rings. The van der Waals surface area contributed by atoms with Gasteiger partial charge in [-0.25, -0.2) is 0 Å². The van der Waals surface area contributed by atoms with E-state index in [0.29, 0.717) is 10.6 Å². The minimum Gasteiger partial charge on any atom is -0.465 e. The summed E-state index contributed by atoms with van der Waals surface area (Å²) < 4.78 is 4.78. The van der Waals surface area contributed by atoms with Crippen molar-refractivity contribution in [3.63, 3.8) is 0 Å². The van der Waals surface area contributed by atoms with Crippen LogP contribution in [0.15, 0.2) is 24.3 Å². The number of hydrogen-bond acceptors (Lipinski definition) is 3. The molecule has 3 nitrogen and oxygen atoms in total. The second kappa shape index (κ2) is 5.38. The summed E-state index contributed by atoms with van der Waals surface area (Å²) in [6.45, 7) is 1.94. The number of halogens is 1. The van der Waals surface area contributed by atoms with E-state index >= 15 is 0 Å². The van der Waals surface area contributed by atoms with Crippen LogP contribution in [0, 0.1) is 11.3 Å². The van der Waals surface area contributed by atoms with Gasteiger partial charge in [-0.05, 0) is 18.6 Å². The zero-order valence-corrected chi connectivity index (χ0v) is 8.99. The van der Waals surface area contributed by atoms with Crippen LogP contribution in [0.4, 0.5) is 0 Å². The van der Waals surface area contributed by atoms with E-state index < -0.39 is 11.9 Å². The molecule has 4 heteroatoms. The number of carbonyl (C=O) groups is 1. The van der Waals surface area contributed by atoms with Crippen molar-refractivity contribution in [2.75, 3.05) is 6.61 Å². The Balaban J connectivity index is 2.99. The van der Waals surface area contributed by atoms with E-state index in [2.05, 4.69) is 0 Å². The Bertz CT molecular complexity index is 398. The fourth-order valence-electron chi connectivity index (χ4n) is 1.18. The number of hydrogen-bond donors (Lipinski definition) is 0. The molecule has 0 aliphatic rings. The third-order valence-corrected chi connectivity index (χ3v) is 2.21. The van der Waals surface area contributed by atoms with Crippen molar-refractivity contribution in [2.45, 2.75) is 12.8 Å². The van der Waals surface area contributed by atoms with Crippen LogP contribution in [0.3, 0.4) is 0 Å². The molecule has 1 aromatic rings. The number of benzene rings is 1. The van der Waals surface area contributed by atoms with E-state index in [0.717, 1.165) is 0 Å². The number of carbonyl (C=O) groups excluding carboxylic acids is 1. The summed E-state index contributed by atoms with van der Waals surface area (Å²) in [6, 6.07) is 8.64. The van der Waals surface area contributed by atoms with Gasteiger partial charge in [0.25, 0.3) is 0 Å². The van der Waals surface area contributed by atoms with Crippen LogP contribution in [-0.4, -0.2) is 12.6 Å². The van der Waals surface area contributed by atoms with Crippen molar-refractivity contribution in [2.24, 2.45) is 0 Å². The van der Waals surface area contributed by atoms with Crippen molar-refractivity contribution in [3.05, 3.63) is 34.9 Å². The number of rotatable bonds is 3. The molecule has 0 aliphatic carbocycles. The van der Waals surface area contributed by atoms with Crippen LogP contribution in [0.25, 0.3) is 0 Å². The summed E-state index contributed by atoms with van der Waals surface area (Å²) in [5.74, 6) is -1.51. The minimum atomic E-state index is -0.946. The minimum absolute atomic E-state index is 0.251. The smallest absolute Gasteiger partial charge is 0.327 e. The largest absolute Gasteiger partial charge is 0.465 e. The third-order valence-electron chi connectivity index (χ3n) is 1.87. The number of nitrogens with zero attached hydrogens (tertiary/aromatic N) is 1. The maximum Gasteiger partial charge on any atom is 0.327 e. The van der Waals surface area contributed by atoms with Gasteiger partial charge >= 0.3 is 5.97 Å². The fourth-order valence-corrected chi connectivity index (χ4v) is 1.43. The summed E-state index contributed by atoms with van der Waals surface area (Å²) in [4.78, 5) is 11.4. The molecule has 1 rings (SSSR count). The third kappa shape index (κ3) is 2.71. The second-order valence-electron chi connectivity index (χ2n) is 2.84. The average Bonchev–Trinajstić information content (AvgIpc) is 2.22. The molecule has 78 valence electrons. The lowest BCUT2D eigenvalue weighted by atomic mass is 10.0. The van der Waals surface area contributed by atoms with Gasteiger partial charge in [-0.2, -0.15) is 5.26 Å². The van der Waals surface area contributed by atoms with Gasteiger partial charge in [0.1, 0.15) is 0 Å². The maximum atomic E-state index is 11.4. The summed E-state index contributed by atoms with van der Waals surface area (Å²) in [5.41, 5.74) is 0.486. The number of ether oxygens (including phenoxy) is 1. The van der Waals surface area contributed by atoms with Crippen LogP contribution in [0.1, 0.15) is 18.4 Å². The molecule has 1 atom stereocenters. The Kier molecular flexibility index (Phi) is 4.14. The Hall–Kier alpha value is -1.53. The average molecular weight is 224 g/mol. The molecule has 0 saturated carbocycles. The lowest BCUT2D eigenvalue weighted by Gasteiger charge is -2.09. The van der Waals surface area contributed by atoms with Gasteiger partial charge in [-0.3, -0.25) is 4.79 Å². The van der Waals surface area contributed by atoms with Crippen LogP contribution in [-0.2, 0) is 9.53 Å². The first-order valence-corrected chi connectivity index (χ1v) is 4.89. The van der Waals surface area contributed by atoms with Crippen molar-refractivity contribution < 1.29 is 9.53 Å². The van der Waals surface area contributed by atoms with Crippen LogP contribution < -0.4 is 0 Å². The highest BCUT2D eigenvalue weighted by Gasteiger charge is 2.23. The quantitative estimate of drug-likeness (QED) is 0.740. The first-order chi connectivity index (χ1) is 7.20. The Labute approximate surface area is 93.2 Å². The van der Waals surface area contributed by atoms with E-state index in [-0.39, 0.29) is 6.61 Å². The van der Waals surface area contributed by atoms with Gasteiger partial charge in [0, 0.05) is 5.02 Å². The molecular formula is C11H10ClNO2. The summed E-state index contributed by atoms with van der Waals surface area (Å²) in [5, 5.41) is 9.29. The second-order valence-corrected chi connectivity index (χ2v) is 3.24. The highest BCUT2D eigenvalue weighted by molar-refractivity contribution is 6.31. The first kappa shape index (κ1) is 11.5. The van der Waals surface area contributed by atoms with Crippen LogP contribution in [0.5, 0.6) is 0 Å². The molecule has 0 N–H and O–H groups in total. The van der Waals surface area contributed by atoms with Gasteiger partial charge in [-0.1, -0.05) is 29.8 Å². The highest BCUT2D eigenvalue weighted by Crippen LogP contribution is 2.24. The predicted molar refractivity (Wildman–Crippen MR) is 56.4 cm³/mol. The Morgan fingerprint density at radius 2 is 2.27 bits per heavy atom. The highest BCUT2D eigenvalue weighted by atomic mass is 35.5. The normalized spacial score (nSPS) is 11.5. The molecule has 0 saturated heterocycles. The van der Waals surface area contributed by atoms with E-state index in [1.807, 2.05) is 6.07 Å². The molecule has 0 radical (unpaired) electrons. The molecular weight excluding hydrogens is 214 g/mol. The fraction of sp³-hybridized carbons (Fsp3) is 0.273. The predicted octanol–water partition coefficient (Wildman–Crippen LogP) is 2.51. The summed E-state index contributed by atoms with van der Waals surface area (Å²) in [6.07, 6.45) is 0. The Morgan fingerprint density at radius 3 is 2.80 bits per heavy atom. The van der Waals surface area contributed by atoms with Gasteiger partial charge in [0.15, 0.2) is 5.92 Å². The van der Waals surface area contributed by atoms with Gasteiger partial charge in [-0.15, -0.1) is 0 Å². The van der Waals surface area contributed by atoms with Crippen LogP contribution in [0.2, 0.25) is 5.02 Å². The van der Waals surface area contributed by atoms with E-state index in [1.165, 1.54) is 0 Å². The molecule has 0 aliphatic heterocycles. The van der Waals surface area contributed by atoms with Crippen molar-refractivity contribution in [1.29, 1.82) is 5.26 Å². The van der Waals surface area contributed by atoms with Crippen molar-refractivity contribution >= 4 is 17.6 Å². The van der Waals surface area contributed by atoms with Gasteiger partial charge in [0.05, 0.1) is 12.7 Å². The molecule has 1 aromatic carbocycles. The molecule has 0 unspecified atom stereocenters. The molecule has 0 amide bonds.